The molecule has 6 nitrogen and oxygen atoms in total. The van der Waals surface area contributed by atoms with Crippen LogP contribution in [-0.4, -0.2) is 34.9 Å². The number of nitrogens with one attached hydrogen (secondary N) is 1. The van der Waals surface area contributed by atoms with Crippen LogP contribution < -0.4 is 5.32 Å². The number of nitrogens with zero attached hydrogens (tertiary/aromatic N) is 1. The first kappa shape index (κ1) is 14.9. The third-order valence-electron chi connectivity index (χ3n) is 2.62. The van der Waals surface area contributed by atoms with E-state index in [1.807, 2.05) is 0 Å². The van der Waals surface area contributed by atoms with Crippen molar-refractivity contribution in [2.45, 2.75) is 26.9 Å². The molecule has 0 aromatic carbocycles. The van der Waals surface area contributed by atoms with Gasteiger partial charge in [0.1, 0.15) is 5.69 Å². The number of carbonyl (C=O) groups is 3. The van der Waals surface area contributed by atoms with Crippen LogP contribution in [0.5, 0.6) is 0 Å². The fraction of sp³-hybridized carbons (Fsp3) is 0.462. The summed E-state index contributed by atoms with van der Waals surface area (Å²) in [5.41, 5.74) is 0.668. The minimum Gasteiger partial charge on any atom is -0.448 e. The zero-order valence-electron chi connectivity index (χ0n) is 11.5. The van der Waals surface area contributed by atoms with Gasteiger partial charge < -0.3 is 14.6 Å². The number of carbonyl (C=O) groups excluding carboxylic acids is 3. The zero-order valence-corrected chi connectivity index (χ0v) is 11.5. The number of ketones is 1. The molecule has 104 valence electrons. The zero-order chi connectivity index (χ0) is 14.6. The van der Waals surface area contributed by atoms with Crippen molar-refractivity contribution in [3.05, 3.63) is 23.5 Å². The molecule has 1 amide bonds. The minimum absolute atomic E-state index is 0.133. The second-order valence-corrected chi connectivity index (χ2v) is 4.22. The Morgan fingerprint density at radius 3 is 2.53 bits per heavy atom. The average molecular weight is 266 g/mol. The van der Waals surface area contributed by atoms with Crippen LogP contribution >= 0.6 is 0 Å². The first-order chi connectivity index (χ1) is 8.86. The van der Waals surface area contributed by atoms with E-state index in [1.54, 1.807) is 20.2 Å². The van der Waals surface area contributed by atoms with E-state index in [1.165, 1.54) is 24.5 Å². The first-order valence-corrected chi connectivity index (χ1v) is 6.02. The van der Waals surface area contributed by atoms with Crippen molar-refractivity contribution in [2.75, 3.05) is 6.54 Å². The second kappa shape index (κ2) is 6.17. The van der Waals surface area contributed by atoms with Gasteiger partial charge in [-0.15, -0.1) is 0 Å². The van der Waals surface area contributed by atoms with E-state index in [2.05, 4.69) is 5.32 Å². The number of aryl methyl sites for hydroxylation is 1. The molecule has 0 aliphatic carbocycles. The molecule has 1 heterocycles. The number of esters is 1. The molecule has 1 rings (SSSR count). The largest absolute Gasteiger partial charge is 0.448 e. The van der Waals surface area contributed by atoms with Gasteiger partial charge in [0, 0.05) is 25.4 Å². The molecule has 1 N–H and O–H groups in total. The van der Waals surface area contributed by atoms with E-state index in [0.717, 1.165) is 0 Å². The summed E-state index contributed by atoms with van der Waals surface area (Å²) in [7, 11) is 1.64. The van der Waals surface area contributed by atoms with Crippen LogP contribution in [0, 0.1) is 0 Å². The lowest BCUT2D eigenvalue weighted by Gasteiger charge is -2.12. The number of likely N-dealkylation sites (N-methyl/N-ethyl adjacent to an activating group) is 1. The normalized spacial score (nSPS) is 11.8. The van der Waals surface area contributed by atoms with Crippen molar-refractivity contribution in [3.8, 4) is 0 Å². The quantitative estimate of drug-likeness (QED) is 0.634. The Labute approximate surface area is 111 Å². The van der Waals surface area contributed by atoms with Crippen molar-refractivity contribution < 1.29 is 19.1 Å². The summed E-state index contributed by atoms with van der Waals surface area (Å²) in [4.78, 5) is 34.6. The first-order valence-electron chi connectivity index (χ1n) is 6.02. The van der Waals surface area contributed by atoms with Gasteiger partial charge >= 0.3 is 5.97 Å². The molecule has 6 heteroatoms. The van der Waals surface area contributed by atoms with Crippen LogP contribution in [0.25, 0.3) is 0 Å². The van der Waals surface area contributed by atoms with Crippen LogP contribution in [0.3, 0.4) is 0 Å². The molecule has 0 fully saturated rings. The maximum Gasteiger partial charge on any atom is 0.355 e. The van der Waals surface area contributed by atoms with E-state index in [0.29, 0.717) is 12.1 Å². The fourth-order valence-corrected chi connectivity index (χ4v) is 1.55. The van der Waals surface area contributed by atoms with Crippen molar-refractivity contribution in [3.63, 3.8) is 0 Å². The lowest BCUT2D eigenvalue weighted by molar-refractivity contribution is -0.129. The lowest BCUT2D eigenvalue weighted by atomic mass is 10.2. The highest BCUT2D eigenvalue weighted by atomic mass is 16.5. The monoisotopic (exact) mass is 266 g/mol. The molecule has 0 saturated carbocycles. The number of Topliss-reactive ketones (excluding diaryl/α,β-unsaturated/α-hetero) is 1. The summed E-state index contributed by atoms with van der Waals surface area (Å²) < 4.78 is 6.55. The summed E-state index contributed by atoms with van der Waals surface area (Å²) >= 11 is 0. The molecule has 1 unspecified atom stereocenters. The standard InChI is InChI=1S/C13H18N2O4/c1-5-14-12(17)9(3)19-13(18)11-6-10(8(2)16)7-15(11)4/h6-7,9H,5H2,1-4H3,(H,14,17). The van der Waals surface area contributed by atoms with Gasteiger partial charge in [0.05, 0.1) is 0 Å². The summed E-state index contributed by atoms with van der Waals surface area (Å²) in [5, 5.41) is 2.56. The van der Waals surface area contributed by atoms with E-state index < -0.39 is 12.1 Å². The Morgan fingerprint density at radius 1 is 1.42 bits per heavy atom. The molecule has 1 aromatic rings. The Bertz CT molecular complexity index is 505. The summed E-state index contributed by atoms with van der Waals surface area (Å²) in [6.07, 6.45) is 0.679. The number of rotatable bonds is 5. The van der Waals surface area contributed by atoms with Crippen molar-refractivity contribution >= 4 is 17.7 Å². The number of amides is 1. The van der Waals surface area contributed by atoms with E-state index in [-0.39, 0.29) is 17.4 Å². The highest BCUT2D eigenvalue weighted by Gasteiger charge is 2.21. The number of hydrogen-bond donors (Lipinski definition) is 1. The van der Waals surface area contributed by atoms with E-state index in [9.17, 15) is 14.4 Å². The smallest absolute Gasteiger partial charge is 0.355 e. The minimum atomic E-state index is -0.872. The molecule has 0 spiro atoms. The molecule has 19 heavy (non-hydrogen) atoms. The number of ether oxygens (including phenoxy) is 1. The van der Waals surface area contributed by atoms with Crippen molar-refractivity contribution in [1.82, 2.24) is 9.88 Å². The highest BCUT2D eigenvalue weighted by Crippen LogP contribution is 2.10. The summed E-state index contributed by atoms with van der Waals surface area (Å²) in [5.74, 6) is -1.11. The maximum atomic E-state index is 11.9. The molecular formula is C13H18N2O4. The topological polar surface area (TPSA) is 77.4 Å². The van der Waals surface area contributed by atoms with Crippen LogP contribution in [0.1, 0.15) is 41.6 Å². The van der Waals surface area contributed by atoms with Gasteiger partial charge in [0.25, 0.3) is 5.91 Å². The van der Waals surface area contributed by atoms with Gasteiger partial charge in [-0.2, -0.15) is 0 Å². The number of hydrogen-bond acceptors (Lipinski definition) is 4. The molecular weight excluding hydrogens is 248 g/mol. The Hall–Kier alpha value is -2.11. The van der Waals surface area contributed by atoms with Crippen LogP contribution in [0.4, 0.5) is 0 Å². The molecule has 0 aliphatic heterocycles. The fourth-order valence-electron chi connectivity index (χ4n) is 1.55. The predicted molar refractivity (Wildman–Crippen MR) is 69.0 cm³/mol. The SMILES string of the molecule is CCNC(=O)C(C)OC(=O)c1cc(C(C)=O)cn1C. The maximum absolute atomic E-state index is 11.9. The number of aromatic nitrogens is 1. The van der Waals surface area contributed by atoms with Crippen molar-refractivity contribution in [2.24, 2.45) is 7.05 Å². The van der Waals surface area contributed by atoms with Gasteiger partial charge in [-0.05, 0) is 26.8 Å². The predicted octanol–water partition coefficient (Wildman–Crippen LogP) is 0.909. The van der Waals surface area contributed by atoms with Crippen LogP contribution in [0.15, 0.2) is 12.3 Å². The van der Waals surface area contributed by atoms with Gasteiger partial charge in [0.2, 0.25) is 0 Å². The van der Waals surface area contributed by atoms with Crippen molar-refractivity contribution in [1.29, 1.82) is 0 Å². The van der Waals surface area contributed by atoms with Gasteiger partial charge in [0.15, 0.2) is 11.9 Å². The third-order valence-corrected chi connectivity index (χ3v) is 2.62. The summed E-state index contributed by atoms with van der Waals surface area (Å²) in [6.45, 7) is 5.17. The lowest BCUT2D eigenvalue weighted by Crippen LogP contribution is -2.35. The third kappa shape index (κ3) is 3.67. The van der Waals surface area contributed by atoms with Gasteiger partial charge in [-0.25, -0.2) is 4.79 Å². The average Bonchev–Trinajstić information content (AvgIpc) is 2.71. The highest BCUT2D eigenvalue weighted by molar-refractivity contribution is 5.98. The van der Waals surface area contributed by atoms with Gasteiger partial charge in [-0.1, -0.05) is 0 Å². The van der Waals surface area contributed by atoms with Gasteiger partial charge in [-0.3, -0.25) is 9.59 Å². The second-order valence-electron chi connectivity index (χ2n) is 4.22. The molecule has 0 aliphatic rings. The molecule has 1 aromatic heterocycles. The Kier molecular flexibility index (Phi) is 4.86. The summed E-state index contributed by atoms with van der Waals surface area (Å²) in [6, 6.07) is 1.45. The van der Waals surface area contributed by atoms with E-state index in [4.69, 9.17) is 4.74 Å². The van der Waals surface area contributed by atoms with E-state index >= 15 is 0 Å². The van der Waals surface area contributed by atoms with Crippen LogP contribution in [0.2, 0.25) is 0 Å². The molecule has 0 radical (unpaired) electrons. The van der Waals surface area contributed by atoms with Crippen LogP contribution in [-0.2, 0) is 16.6 Å². The Morgan fingerprint density at radius 2 is 2.05 bits per heavy atom. The molecule has 0 saturated heterocycles. The Balaban J connectivity index is 2.78. The molecule has 0 bridgehead atoms. The molecule has 1 atom stereocenters.